The van der Waals surface area contributed by atoms with Gasteiger partial charge in [-0.25, -0.2) is 29.3 Å². The first-order chi connectivity index (χ1) is 52.2. The minimum atomic E-state index is -1.50. The number of terminal acetylenes is 4. The maximum atomic E-state index is 13.5. The first kappa shape index (κ1) is 77.2. The van der Waals surface area contributed by atoms with Crippen LogP contribution < -0.4 is 19.6 Å². The molecule has 0 saturated heterocycles. The zero-order chi connectivity index (χ0) is 76.7. The quantitative estimate of drug-likeness (QED) is 0.0104. The first-order valence-corrected chi connectivity index (χ1v) is 35.2. The van der Waals surface area contributed by atoms with Gasteiger partial charge in [0.05, 0.1) is 78.3 Å². The molecule has 4 aliphatic heterocycles. The van der Waals surface area contributed by atoms with Gasteiger partial charge in [-0.2, -0.15) is 9.78 Å². The van der Waals surface area contributed by atoms with Crippen LogP contribution in [0.2, 0.25) is 0 Å². The number of carbonyl (C=O) groups excluding carboxylic acids is 6. The number of benzene rings is 6. The Bertz CT molecular complexity index is 5120. The third kappa shape index (κ3) is 17.2. The Balaban J connectivity index is 0.000000215. The molecule has 12 rings (SSSR count). The number of nitrogens with zero attached hydrogens (tertiary/aromatic N) is 8. The van der Waals surface area contributed by atoms with Crippen molar-refractivity contribution in [2.75, 3.05) is 101 Å². The number of amides is 4. The normalized spacial score (nSPS) is 16.6. The van der Waals surface area contributed by atoms with Crippen molar-refractivity contribution in [1.82, 2.24) is 0 Å². The van der Waals surface area contributed by atoms with E-state index in [2.05, 4.69) is 43.7 Å². The highest BCUT2D eigenvalue weighted by Gasteiger charge is 2.40. The molecule has 6 aromatic carbocycles. The Labute approximate surface area is 632 Å². The summed E-state index contributed by atoms with van der Waals surface area (Å²) in [6.07, 6.45) is 20.1. The zero-order valence-corrected chi connectivity index (χ0v) is 61.7. The zero-order valence-electron chi connectivity index (χ0n) is 60.1. The molecule has 0 spiro atoms. The number of aryl methyl sites for hydroxylation is 4. The molecule has 4 amide bonds. The van der Waals surface area contributed by atoms with Crippen LogP contribution in [0.25, 0.3) is 0 Å². The minimum Gasteiger partial charge on any atom is -0.436 e. The van der Waals surface area contributed by atoms with E-state index < -0.39 is 73.7 Å². The van der Waals surface area contributed by atoms with Gasteiger partial charge in [0.2, 0.25) is 12.1 Å². The number of ether oxygens (including phenoxy) is 6. The van der Waals surface area contributed by atoms with Crippen LogP contribution in [0, 0.1) is 77.1 Å². The summed E-state index contributed by atoms with van der Waals surface area (Å²) in [5.74, 6) is 6.70. The largest absolute Gasteiger partial charge is 0.436 e. The number of esters is 2. The van der Waals surface area contributed by atoms with Crippen LogP contribution in [-0.2, 0) is 76.7 Å². The Morgan fingerprint density at radius 2 is 0.731 bits per heavy atom. The number of carbonyl (C=O) groups is 6. The number of benzodiazepines with no additional fused rings is 2. The lowest BCUT2D eigenvalue weighted by atomic mass is 9.95. The summed E-state index contributed by atoms with van der Waals surface area (Å²) in [5, 5.41) is 0. The van der Waals surface area contributed by atoms with Crippen LogP contribution in [0.1, 0.15) is 86.3 Å². The predicted octanol–water partition coefficient (Wildman–Crippen LogP) is 9.58. The second kappa shape index (κ2) is 35.5. The standard InChI is InChI=1S/C43H38N4O8.C39H34N4O8S2/c1-7-29-17-19-35-33(23-29)37(31-15-11-9-13-27(31)3)44-39(41(48)46(35)5)43(50)53-26-52-25-51-21-22-54-55-40-42(49)47(6)36-20-18-30(8-2)24-34(36)38(45-40)32-16-12-10-14-28(32)4;1-7-25-19-29-34(52-25)31(27-15-11-9-13-23(27)3)40-33(37(44)42(29)5)39(46)49-22-48-21-47-17-18-50-51-36-38(45)43(6)30-20-26(8-2)53-35(30)32(41-36)28-16-12-10-14-24(28)4/h1-2,9-20,23-24,39-40H,21-22,25-26H2,3-6H3;1-2,9-16,19-20,33,36H,17-18,21-22H2,3-6H3. The van der Waals surface area contributed by atoms with Crippen molar-refractivity contribution < 1.29 is 76.7 Å². The summed E-state index contributed by atoms with van der Waals surface area (Å²) >= 11 is 2.68. The van der Waals surface area contributed by atoms with Crippen LogP contribution in [0.15, 0.2) is 166 Å². The average molecular weight is 1490 g/mol. The SMILES string of the molecule is C#Cc1cc2c(s1)C(c1ccccc1C)=NC(OOCCOCOCOC(=O)C1N=C(c3ccccc3C)c3sc(C#C)cc3N(C)C1=O)C(=O)N2C.C#Cc1ccc2c(c1)C(c1ccccc1C)=NC(OOCCOCOCOC(=O)C1N=C(c3ccccc3C)c3cc(C#C)ccc3N(C)C1=O)C(=O)N2C. The first-order valence-electron chi connectivity index (χ1n) is 33.6. The van der Waals surface area contributed by atoms with Gasteiger partial charge in [0, 0.05) is 72.7 Å². The molecule has 0 aliphatic carbocycles. The van der Waals surface area contributed by atoms with E-state index in [1.807, 2.05) is 131 Å². The van der Waals surface area contributed by atoms with Gasteiger partial charge in [0.15, 0.2) is 27.2 Å². The minimum absolute atomic E-state index is 0.00128. The lowest BCUT2D eigenvalue weighted by molar-refractivity contribution is -0.320. The maximum Gasteiger partial charge on any atom is 0.342 e. The van der Waals surface area contributed by atoms with Crippen molar-refractivity contribution in [3.8, 4) is 49.4 Å². The van der Waals surface area contributed by atoms with Gasteiger partial charge >= 0.3 is 11.9 Å². The smallest absolute Gasteiger partial charge is 0.342 e. The third-order valence-corrected chi connectivity index (χ3v) is 19.7. The van der Waals surface area contributed by atoms with Gasteiger partial charge < -0.3 is 48.0 Å². The molecule has 0 radical (unpaired) electrons. The lowest BCUT2D eigenvalue weighted by Gasteiger charge is -2.20. The Morgan fingerprint density at radius 3 is 1.13 bits per heavy atom. The number of likely N-dealkylation sites (N-methyl/N-ethyl adjacent to an activating group) is 4. The molecule has 0 bridgehead atoms. The van der Waals surface area contributed by atoms with E-state index >= 15 is 0 Å². The summed E-state index contributed by atoms with van der Waals surface area (Å²) in [6.45, 7) is 6.06. The average Bonchev–Trinajstić information content (AvgIpc) is 1.65. The second-order valence-electron chi connectivity index (χ2n) is 24.4. The maximum absolute atomic E-state index is 13.5. The van der Waals surface area contributed by atoms with Gasteiger partial charge in [-0.3, -0.25) is 29.2 Å². The molecule has 0 saturated carbocycles. The Kier molecular flexibility index (Phi) is 25.4. The molecule has 4 atom stereocenters. The van der Waals surface area contributed by atoms with Gasteiger partial charge in [-0.05, 0) is 98.5 Å². The molecule has 4 aliphatic rings. The highest BCUT2D eigenvalue weighted by molar-refractivity contribution is 7.16. The van der Waals surface area contributed by atoms with Crippen LogP contribution >= 0.6 is 22.7 Å². The summed E-state index contributed by atoms with van der Waals surface area (Å²) in [5.41, 5.74) is 13.8. The van der Waals surface area contributed by atoms with Gasteiger partial charge in [-0.1, -0.05) is 121 Å². The molecule has 0 N–H and O–H groups in total. The van der Waals surface area contributed by atoms with Crippen molar-refractivity contribution in [3.05, 3.63) is 232 Å². The number of fused-ring (bicyclic) bond motifs is 4. The molecule has 24 nitrogen and oxygen atoms in total. The highest BCUT2D eigenvalue weighted by atomic mass is 32.1. The van der Waals surface area contributed by atoms with Crippen molar-refractivity contribution in [2.24, 2.45) is 20.0 Å². The van der Waals surface area contributed by atoms with E-state index in [4.69, 9.17) is 73.7 Å². The van der Waals surface area contributed by atoms with E-state index in [0.717, 1.165) is 49.4 Å². The topological polar surface area (TPSA) is 257 Å². The van der Waals surface area contributed by atoms with Crippen LogP contribution in [-0.4, -0.2) is 165 Å². The summed E-state index contributed by atoms with van der Waals surface area (Å²) in [6, 6.07) is 41.6. The van der Waals surface area contributed by atoms with Crippen molar-refractivity contribution >= 4 is 104 Å². The molecular formula is C82H72N8O16S2. The van der Waals surface area contributed by atoms with Crippen LogP contribution in [0.4, 0.5) is 22.7 Å². The summed E-state index contributed by atoms with van der Waals surface area (Å²) < 4.78 is 32.0. The van der Waals surface area contributed by atoms with Gasteiger partial charge in [0.1, 0.15) is 13.2 Å². The van der Waals surface area contributed by atoms with Crippen LogP contribution in [0.3, 0.4) is 0 Å². The molecule has 6 heterocycles. The fourth-order valence-electron chi connectivity index (χ4n) is 11.8. The van der Waals surface area contributed by atoms with Gasteiger partial charge in [-0.15, -0.1) is 48.4 Å². The predicted molar refractivity (Wildman–Crippen MR) is 409 cm³/mol. The fourth-order valence-corrected chi connectivity index (χ4v) is 13.8. The molecule has 2 aromatic heterocycles. The number of aliphatic imine (C=N–C) groups is 4. The van der Waals surface area contributed by atoms with Crippen molar-refractivity contribution in [2.45, 2.75) is 52.2 Å². The third-order valence-electron chi connectivity index (χ3n) is 17.5. The van der Waals surface area contributed by atoms with E-state index in [9.17, 15) is 28.8 Å². The lowest BCUT2D eigenvalue weighted by Crippen LogP contribution is -2.40. The number of hydrogen-bond donors (Lipinski definition) is 0. The Morgan fingerprint density at radius 1 is 0.389 bits per heavy atom. The van der Waals surface area contributed by atoms with E-state index in [1.54, 1.807) is 70.7 Å². The van der Waals surface area contributed by atoms with Crippen molar-refractivity contribution in [3.63, 3.8) is 0 Å². The molecule has 8 aromatic rings. The number of rotatable bonds is 24. The summed E-state index contributed by atoms with van der Waals surface area (Å²) in [4.78, 5) is 129. The van der Waals surface area contributed by atoms with E-state index in [-0.39, 0.29) is 40.0 Å². The molecule has 4 unspecified atom stereocenters. The monoisotopic (exact) mass is 1490 g/mol. The van der Waals surface area contributed by atoms with Crippen LogP contribution in [0.5, 0.6) is 0 Å². The van der Waals surface area contributed by atoms with Crippen molar-refractivity contribution in [1.29, 1.82) is 0 Å². The number of anilines is 4. The molecule has 0 fully saturated rings. The number of thiophene rings is 2. The molecule has 26 heteroatoms. The Hall–Kier alpha value is -11.9. The molecule has 108 heavy (non-hydrogen) atoms. The fraction of sp³-hybridized carbons (Fsp3) is 0.244. The van der Waals surface area contributed by atoms with E-state index in [0.29, 0.717) is 82.5 Å². The summed E-state index contributed by atoms with van der Waals surface area (Å²) in [7, 11) is 6.39. The number of hydrogen-bond acceptors (Lipinski definition) is 22. The van der Waals surface area contributed by atoms with Gasteiger partial charge in [0.25, 0.3) is 36.1 Å². The molecule has 548 valence electrons. The molecular weight excluding hydrogens is 1420 g/mol. The van der Waals surface area contributed by atoms with E-state index in [1.165, 1.54) is 42.3 Å². The highest BCUT2D eigenvalue weighted by Crippen LogP contribution is 2.39. The second-order valence-corrected chi connectivity index (χ2v) is 26.5.